The molecule has 0 saturated carbocycles. The molecule has 5 nitrogen and oxygen atoms in total. The van der Waals surface area contributed by atoms with E-state index in [9.17, 15) is 9.18 Å². The first-order chi connectivity index (χ1) is 12.5. The number of nitrogens with one attached hydrogen (secondary N) is 1. The van der Waals surface area contributed by atoms with Crippen molar-refractivity contribution in [3.63, 3.8) is 0 Å². The number of ether oxygens (including phenoxy) is 1. The van der Waals surface area contributed by atoms with E-state index in [1.165, 1.54) is 17.4 Å². The molecule has 0 saturated heterocycles. The first kappa shape index (κ1) is 18.3. The van der Waals surface area contributed by atoms with Crippen molar-refractivity contribution in [2.24, 2.45) is 0 Å². The highest BCUT2D eigenvalue weighted by Crippen LogP contribution is 2.29. The van der Waals surface area contributed by atoms with Crippen LogP contribution in [0, 0.1) is 5.82 Å². The van der Waals surface area contributed by atoms with Crippen molar-refractivity contribution in [3.8, 4) is 5.75 Å². The minimum Gasteiger partial charge on any atom is -0.494 e. The molecule has 0 fully saturated rings. The lowest BCUT2D eigenvalue weighted by atomic mass is 10.2. The van der Waals surface area contributed by atoms with Crippen molar-refractivity contribution in [2.75, 3.05) is 25.5 Å². The summed E-state index contributed by atoms with van der Waals surface area (Å²) in [7, 11) is 1.78. The third-order valence-electron chi connectivity index (χ3n) is 3.73. The quantitative estimate of drug-likeness (QED) is 0.682. The highest BCUT2D eigenvalue weighted by atomic mass is 32.1. The fraction of sp³-hybridized carbons (Fsp3) is 0.263. The van der Waals surface area contributed by atoms with Crippen LogP contribution in [0.1, 0.15) is 12.5 Å². The van der Waals surface area contributed by atoms with E-state index in [1.54, 1.807) is 30.1 Å². The molecule has 1 heterocycles. The number of thiazole rings is 1. The van der Waals surface area contributed by atoms with Crippen molar-refractivity contribution >= 4 is 32.6 Å². The van der Waals surface area contributed by atoms with Crippen LogP contribution in [-0.4, -0.2) is 36.0 Å². The van der Waals surface area contributed by atoms with E-state index < -0.39 is 0 Å². The van der Waals surface area contributed by atoms with Crippen LogP contribution in [0.25, 0.3) is 10.2 Å². The van der Waals surface area contributed by atoms with E-state index in [4.69, 9.17) is 4.74 Å². The lowest BCUT2D eigenvalue weighted by Gasteiger charge is -2.16. The average Bonchev–Trinajstić information content (AvgIpc) is 2.98. The average molecular weight is 373 g/mol. The molecule has 0 unspecified atom stereocenters. The van der Waals surface area contributed by atoms with Crippen LogP contribution in [0.4, 0.5) is 9.52 Å². The monoisotopic (exact) mass is 373 g/mol. The van der Waals surface area contributed by atoms with Gasteiger partial charge in [0.2, 0.25) is 5.91 Å². The number of likely N-dealkylation sites (N-methyl/N-ethyl adjacent to an activating group) is 1. The van der Waals surface area contributed by atoms with Crippen LogP contribution in [0.15, 0.2) is 42.5 Å². The Kier molecular flexibility index (Phi) is 5.80. The van der Waals surface area contributed by atoms with Gasteiger partial charge in [0.15, 0.2) is 5.13 Å². The molecule has 136 valence electrons. The molecule has 26 heavy (non-hydrogen) atoms. The topological polar surface area (TPSA) is 54.5 Å². The third kappa shape index (κ3) is 4.56. The van der Waals surface area contributed by atoms with Gasteiger partial charge in [-0.2, -0.15) is 0 Å². The molecule has 7 heteroatoms. The van der Waals surface area contributed by atoms with Crippen LogP contribution < -0.4 is 10.1 Å². The first-order valence-corrected chi connectivity index (χ1v) is 9.12. The summed E-state index contributed by atoms with van der Waals surface area (Å²) in [6.45, 7) is 3.04. The zero-order valence-electron chi connectivity index (χ0n) is 14.7. The highest BCUT2D eigenvalue weighted by molar-refractivity contribution is 7.22. The van der Waals surface area contributed by atoms with E-state index in [0.717, 1.165) is 16.0 Å². The van der Waals surface area contributed by atoms with Crippen molar-refractivity contribution in [2.45, 2.75) is 13.5 Å². The molecule has 0 aliphatic carbocycles. The number of carbonyl (C=O) groups excluding carboxylic acids is 1. The van der Waals surface area contributed by atoms with Crippen molar-refractivity contribution in [1.29, 1.82) is 0 Å². The number of halogens is 1. The SMILES string of the molecule is CCOc1ccc2nc(NC(=O)CN(C)Cc3ccccc3F)sc2c1. The predicted octanol–water partition coefficient (Wildman–Crippen LogP) is 3.90. The molecule has 2 aromatic carbocycles. The Hall–Kier alpha value is -2.51. The number of fused-ring (bicyclic) bond motifs is 1. The van der Waals surface area contributed by atoms with Crippen molar-refractivity contribution < 1.29 is 13.9 Å². The zero-order valence-corrected chi connectivity index (χ0v) is 15.5. The third-order valence-corrected chi connectivity index (χ3v) is 4.66. The van der Waals surface area contributed by atoms with E-state index in [0.29, 0.717) is 23.8 Å². The summed E-state index contributed by atoms with van der Waals surface area (Å²) >= 11 is 1.40. The minimum atomic E-state index is -0.268. The largest absolute Gasteiger partial charge is 0.494 e. The Morgan fingerprint density at radius 2 is 2.12 bits per heavy atom. The molecule has 0 spiro atoms. The Morgan fingerprint density at radius 3 is 2.88 bits per heavy atom. The number of benzene rings is 2. The second-order valence-corrected chi connectivity index (χ2v) is 6.92. The Balaban J connectivity index is 1.60. The summed E-state index contributed by atoms with van der Waals surface area (Å²) in [5.41, 5.74) is 1.37. The number of amides is 1. The van der Waals surface area contributed by atoms with Gasteiger partial charge in [-0.25, -0.2) is 9.37 Å². The van der Waals surface area contributed by atoms with Gasteiger partial charge >= 0.3 is 0 Å². The maximum atomic E-state index is 13.7. The maximum absolute atomic E-state index is 13.7. The molecule has 0 radical (unpaired) electrons. The summed E-state index contributed by atoms with van der Waals surface area (Å²) in [5, 5.41) is 3.35. The second-order valence-electron chi connectivity index (χ2n) is 5.89. The predicted molar refractivity (Wildman–Crippen MR) is 102 cm³/mol. The van der Waals surface area contributed by atoms with Gasteiger partial charge in [0.25, 0.3) is 0 Å². The number of hydrogen-bond acceptors (Lipinski definition) is 5. The normalized spacial score (nSPS) is 11.1. The molecule has 1 amide bonds. The molecule has 3 rings (SSSR count). The molecule has 1 N–H and O–H groups in total. The van der Waals surface area contributed by atoms with Gasteiger partial charge in [-0.05, 0) is 38.2 Å². The van der Waals surface area contributed by atoms with E-state index in [2.05, 4.69) is 10.3 Å². The first-order valence-electron chi connectivity index (χ1n) is 8.30. The number of anilines is 1. The van der Waals surface area contributed by atoms with Gasteiger partial charge in [0, 0.05) is 12.1 Å². The van der Waals surface area contributed by atoms with Crippen LogP contribution >= 0.6 is 11.3 Å². The molecule has 0 aliphatic rings. The summed E-state index contributed by atoms with van der Waals surface area (Å²) < 4.78 is 20.1. The standard InChI is InChI=1S/C19H20FN3O2S/c1-3-25-14-8-9-16-17(10-14)26-19(21-16)22-18(24)12-23(2)11-13-6-4-5-7-15(13)20/h4-10H,3,11-12H2,1-2H3,(H,21,22,24). The molecule has 0 atom stereocenters. The lowest BCUT2D eigenvalue weighted by molar-refractivity contribution is -0.117. The van der Waals surface area contributed by atoms with Crippen LogP contribution in [0.5, 0.6) is 5.75 Å². The number of hydrogen-bond donors (Lipinski definition) is 1. The molecular formula is C19H20FN3O2S. The van der Waals surface area contributed by atoms with Crippen LogP contribution in [-0.2, 0) is 11.3 Å². The number of nitrogens with zero attached hydrogens (tertiary/aromatic N) is 2. The minimum absolute atomic E-state index is 0.147. The Bertz CT molecular complexity index is 913. The summed E-state index contributed by atoms with van der Waals surface area (Å²) in [4.78, 5) is 18.4. The summed E-state index contributed by atoms with van der Waals surface area (Å²) in [6, 6.07) is 12.2. The van der Waals surface area contributed by atoms with E-state index in [-0.39, 0.29) is 18.3 Å². The highest BCUT2D eigenvalue weighted by Gasteiger charge is 2.12. The van der Waals surface area contributed by atoms with Gasteiger partial charge in [-0.15, -0.1) is 0 Å². The summed E-state index contributed by atoms with van der Waals surface area (Å²) in [6.07, 6.45) is 0. The van der Waals surface area contributed by atoms with Crippen molar-refractivity contribution in [3.05, 3.63) is 53.8 Å². The van der Waals surface area contributed by atoms with E-state index in [1.807, 2.05) is 25.1 Å². The smallest absolute Gasteiger partial charge is 0.240 e. The molecule has 0 bridgehead atoms. The number of carbonyl (C=O) groups is 1. The Morgan fingerprint density at radius 1 is 1.31 bits per heavy atom. The molecule has 0 aliphatic heterocycles. The fourth-order valence-corrected chi connectivity index (χ4v) is 3.50. The maximum Gasteiger partial charge on any atom is 0.240 e. The molecule has 1 aromatic heterocycles. The van der Waals surface area contributed by atoms with Crippen LogP contribution in [0.3, 0.4) is 0 Å². The molecular weight excluding hydrogens is 353 g/mol. The fourth-order valence-electron chi connectivity index (χ4n) is 2.59. The van der Waals surface area contributed by atoms with Gasteiger partial charge < -0.3 is 10.1 Å². The van der Waals surface area contributed by atoms with Gasteiger partial charge in [-0.3, -0.25) is 9.69 Å². The second kappa shape index (κ2) is 8.25. The van der Waals surface area contributed by atoms with E-state index >= 15 is 0 Å². The van der Waals surface area contributed by atoms with Crippen LogP contribution in [0.2, 0.25) is 0 Å². The Labute approximate surface area is 155 Å². The molecule has 3 aromatic rings. The zero-order chi connectivity index (χ0) is 18.5. The van der Waals surface area contributed by atoms with Gasteiger partial charge in [-0.1, -0.05) is 29.5 Å². The lowest BCUT2D eigenvalue weighted by Crippen LogP contribution is -2.30. The van der Waals surface area contributed by atoms with Gasteiger partial charge in [0.05, 0.1) is 23.4 Å². The van der Waals surface area contributed by atoms with Crippen molar-refractivity contribution in [1.82, 2.24) is 9.88 Å². The van der Waals surface area contributed by atoms with Gasteiger partial charge in [0.1, 0.15) is 11.6 Å². The number of aromatic nitrogens is 1. The number of rotatable bonds is 7. The summed E-state index contributed by atoms with van der Waals surface area (Å²) in [5.74, 6) is 0.329.